The van der Waals surface area contributed by atoms with E-state index < -0.39 is 0 Å². The largest absolute Gasteiger partial charge is 0.335 e. The van der Waals surface area contributed by atoms with Crippen LogP contribution >= 0.6 is 0 Å². The molecule has 1 amide bonds. The van der Waals surface area contributed by atoms with Crippen molar-refractivity contribution >= 4 is 11.6 Å². The molecule has 0 spiro atoms. The van der Waals surface area contributed by atoms with Crippen LogP contribution in [0.1, 0.15) is 49.3 Å². The number of fused-ring (bicyclic) bond motifs is 1. The lowest BCUT2D eigenvalue weighted by atomic mass is 10.0. The highest BCUT2D eigenvalue weighted by Gasteiger charge is 2.26. The number of carbonyl (C=O) groups excluding carboxylic acids is 1. The second-order valence-corrected chi connectivity index (χ2v) is 6.84. The number of nitrogens with zero attached hydrogens (tertiary/aromatic N) is 5. The summed E-state index contributed by atoms with van der Waals surface area (Å²) in [6.07, 6.45) is 5.84. The van der Waals surface area contributed by atoms with E-state index in [0.29, 0.717) is 11.3 Å². The van der Waals surface area contributed by atoms with Crippen LogP contribution in [0.5, 0.6) is 0 Å². The topological polar surface area (TPSA) is 63.4 Å². The fourth-order valence-electron chi connectivity index (χ4n) is 3.58. The summed E-state index contributed by atoms with van der Waals surface area (Å²) < 4.78 is 1.82. The van der Waals surface area contributed by atoms with Gasteiger partial charge in [0.1, 0.15) is 11.4 Å². The van der Waals surface area contributed by atoms with Crippen molar-refractivity contribution in [3.05, 3.63) is 47.9 Å². The molecule has 1 fully saturated rings. The second-order valence-electron chi connectivity index (χ2n) is 6.84. The van der Waals surface area contributed by atoms with Crippen LogP contribution in [0.25, 0.3) is 17.0 Å². The Kier molecular flexibility index (Phi) is 4.41. The number of likely N-dealkylation sites (tertiary alicyclic amines) is 1. The van der Waals surface area contributed by atoms with Gasteiger partial charge in [0.2, 0.25) is 0 Å². The average Bonchev–Trinajstić information content (AvgIpc) is 3.12. The zero-order valence-electron chi connectivity index (χ0n) is 15.2. The Morgan fingerprint density at radius 3 is 2.85 bits per heavy atom. The number of hydrogen-bond donors (Lipinski definition) is 0. The number of amides is 1. The molecule has 6 heteroatoms. The molecule has 3 aromatic rings. The predicted octanol–water partition coefficient (Wildman–Crippen LogP) is 3.37. The van der Waals surface area contributed by atoms with Crippen molar-refractivity contribution in [2.75, 3.05) is 6.54 Å². The Balaban J connectivity index is 1.76. The molecule has 1 unspecified atom stereocenters. The van der Waals surface area contributed by atoms with Gasteiger partial charge in [-0.2, -0.15) is 5.10 Å². The van der Waals surface area contributed by atoms with Crippen molar-refractivity contribution in [1.82, 2.24) is 24.5 Å². The number of aromatic nitrogens is 4. The third-order valence-electron chi connectivity index (χ3n) is 5.07. The summed E-state index contributed by atoms with van der Waals surface area (Å²) in [6, 6.07) is 9.80. The van der Waals surface area contributed by atoms with Crippen molar-refractivity contribution in [3.8, 4) is 11.4 Å². The Morgan fingerprint density at radius 2 is 2.12 bits per heavy atom. The first-order valence-corrected chi connectivity index (χ1v) is 9.29. The van der Waals surface area contributed by atoms with Gasteiger partial charge in [0.15, 0.2) is 5.65 Å². The molecule has 4 heterocycles. The normalized spacial score (nSPS) is 17.6. The summed E-state index contributed by atoms with van der Waals surface area (Å²) in [5, 5.41) is 4.65. The SMILES string of the molecule is CCc1cc(C(=O)N2CCCCC2C)nc2cc(-c3ccccn3)nn12. The lowest BCUT2D eigenvalue weighted by Gasteiger charge is -2.33. The van der Waals surface area contributed by atoms with Gasteiger partial charge in [-0.05, 0) is 50.8 Å². The number of rotatable bonds is 3. The standard InChI is InChI=1S/C20H23N5O/c1-3-15-12-18(20(26)24-11-7-5-8-14(24)2)22-19-13-17(23-25(15)19)16-9-4-6-10-21-16/h4,6,9-10,12-14H,3,5,7-8,11H2,1-2H3. The first kappa shape index (κ1) is 16.7. The van der Waals surface area contributed by atoms with E-state index in [4.69, 9.17) is 0 Å². The minimum Gasteiger partial charge on any atom is -0.335 e. The molecular weight excluding hydrogens is 326 g/mol. The number of piperidine rings is 1. The zero-order chi connectivity index (χ0) is 18.1. The Labute approximate surface area is 152 Å². The quantitative estimate of drug-likeness (QED) is 0.727. The van der Waals surface area contributed by atoms with E-state index in [1.54, 1.807) is 6.20 Å². The minimum atomic E-state index is 0.0231. The second kappa shape index (κ2) is 6.86. The van der Waals surface area contributed by atoms with Crippen LogP contribution in [0.15, 0.2) is 36.5 Å². The van der Waals surface area contributed by atoms with Gasteiger partial charge in [0, 0.05) is 30.5 Å². The van der Waals surface area contributed by atoms with Gasteiger partial charge >= 0.3 is 0 Å². The van der Waals surface area contributed by atoms with Gasteiger partial charge in [-0.25, -0.2) is 9.50 Å². The van der Waals surface area contributed by atoms with Crippen molar-refractivity contribution in [2.24, 2.45) is 0 Å². The molecule has 134 valence electrons. The van der Waals surface area contributed by atoms with Crippen LogP contribution in [0.3, 0.4) is 0 Å². The number of hydrogen-bond acceptors (Lipinski definition) is 4. The van der Waals surface area contributed by atoms with E-state index in [9.17, 15) is 4.79 Å². The number of carbonyl (C=O) groups is 1. The summed E-state index contributed by atoms with van der Waals surface area (Å²) in [6.45, 7) is 5.00. The zero-order valence-corrected chi connectivity index (χ0v) is 15.2. The molecule has 0 N–H and O–H groups in total. The van der Waals surface area contributed by atoms with Crippen molar-refractivity contribution in [1.29, 1.82) is 0 Å². The molecule has 1 aliphatic heterocycles. The summed E-state index contributed by atoms with van der Waals surface area (Å²) in [5.41, 5.74) is 3.75. The molecule has 0 radical (unpaired) electrons. The molecular formula is C20H23N5O. The summed E-state index contributed by atoms with van der Waals surface area (Å²) >= 11 is 0. The average molecular weight is 349 g/mol. The minimum absolute atomic E-state index is 0.0231. The molecule has 0 saturated carbocycles. The summed E-state index contributed by atoms with van der Waals surface area (Å²) in [5.74, 6) is 0.0231. The highest BCUT2D eigenvalue weighted by atomic mass is 16.2. The van der Waals surface area contributed by atoms with E-state index in [0.717, 1.165) is 42.9 Å². The fraction of sp³-hybridized carbons (Fsp3) is 0.400. The van der Waals surface area contributed by atoms with Crippen LogP contribution < -0.4 is 0 Å². The molecule has 0 aromatic carbocycles. The first-order chi connectivity index (χ1) is 12.7. The van der Waals surface area contributed by atoms with Crippen LogP contribution in [0.2, 0.25) is 0 Å². The van der Waals surface area contributed by atoms with Crippen molar-refractivity contribution < 1.29 is 4.79 Å². The molecule has 26 heavy (non-hydrogen) atoms. The third kappa shape index (κ3) is 2.96. The highest BCUT2D eigenvalue weighted by molar-refractivity contribution is 5.93. The Bertz CT molecular complexity index is 934. The fourth-order valence-corrected chi connectivity index (χ4v) is 3.58. The first-order valence-electron chi connectivity index (χ1n) is 9.29. The van der Waals surface area contributed by atoms with E-state index in [-0.39, 0.29) is 11.9 Å². The Morgan fingerprint density at radius 1 is 1.23 bits per heavy atom. The van der Waals surface area contributed by atoms with Crippen LogP contribution in [0.4, 0.5) is 0 Å². The summed E-state index contributed by atoms with van der Waals surface area (Å²) in [7, 11) is 0. The van der Waals surface area contributed by atoms with Gasteiger partial charge in [-0.15, -0.1) is 0 Å². The maximum atomic E-state index is 13.0. The van der Waals surface area contributed by atoms with Crippen LogP contribution in [-0.4, -0.2) is 43.0 Å². The van der Waals surface area contributed by atoms with Gasteiger partial charge in [-0.1, -0.05) is 13.0 Å². The third-order valence-corrected chi connectivity index (χ3v) is 5.07. The molecule has 4 rings (SSSR count). The van der Waals surface area contributed by atoms with E-state index >= 15 is 0 Å². The van der Waals surface area contributed by atoms with Crippen molar-refractivity contribution in [2.45, 2.75) is 45.6 Å². The highest BCUT2D eigenvalue weighted by Crippen LogP contribution is 2.22. The van der Waals surface area contributed by atoms with Crippen LogP contribution in [-0.2, 0) is 6.42 Å². The maximum Gasteiger partial charge on any atom is 0.272 e. The molecule has 1 saturated heterocycles. The van der Waals surface area contributed by atoms with Gasteiger partial charge in [0.25, 0.3) is 5.91 Å². The maximum absolute atomic E-state index is 13.0. The van der Waals surface area contributed by atoms with Gasteiger partial charge in [0.05, 0.1) is 5.69 Å². The molecule has 1 atom stereocenters. The van der Waals surface area contributed by atoms with Crippen LogP contribution in [0, 0.1) is 0 Å². The van der Waals surface area contributed by atoms with Gasteiger partial charge in [-0.3, -0.25) is 9.78 Å². The van der Waals surface area contributed by atoms with Gasteiger partial charge < -0.3 is 4.90 Å². The predicted molar refractivity (Wildman–Crippen MR) is 99.9 cm³/mol. The molecule has 0 aliphatic carbocycles. The molecule has 0 bridgehead atoms. The molecule has 6 nitrogen and oxygen atoms in total. The molecule has 3 aromatic heterocycles. The van der Waals surface area contributed by atoms with E-state index in [2.05, 4.69) is 28.9 Å². The number of pyridine rings is 1. The summed E-state index contributed by atoms with van der Waals surface area (Å²) in [4.78, 5) is 24.0. The van der Waals surface area contributed by atoms with E-state index in [1.807, 2.05) is 39.7 Å². The smallest absolute Gasteiger partial charge is 0.272 e. The lowest BCUT2D eigenvalue weighted by molar-refractivity contribution is 0.0629. The Hall–Kier alpha value is -2.76. The molecule has 1 aliphatic rings. The van der Waals surface area contributed by atoms with E-state index in [1.165, 1.54) is 6.42 Å². The van der Waals surface area contributed by atoms with Crippen molar-refractivity contribution in [3.63, 3.8) is 0 Å². The monoisotopic (exact) mass is 349 g/mol. The lowest BCUT2D eigenvalue weighted by Crippen LogP contribution is -2.42. The number of aryl methyl sites for hydroxylation is 1.